The first-order valence-corrected chi connectivity index (χ1v) is 9.06. The zero-order chi connectivity index (χ0) is 18.4. The number of likely N-dealkylation sites (tertiary alicyclic amines) is 1. The van der Waals surface area contributed by atoms with Crippen molar-refractivity contribution < 1.29 is 13.6 Å². The van der Waals surface area contributed by atoms with E-state index in [2.05, 4.69) is 5.10 Å². The van der Waals surface area contributed by atoms with Gasteiger partial charge in [0.05, 0.1) is 5.69 Å². The molecular weight excluding hydrogens is 338 g/mol. The highest BCUT2D eigenvalue weighted by molar-refractivity contribution is 5.94. The Hall–Kier alpha value is -2.28. The molecule has 0 bridgehead atoms. The number of halogens is 2. The average Bonchev–Trinajstić information content (AvgIpc) is 3.31. The predicted molar refractivity (Wildman–Crippen MR) is 93.2 cm³/mol. The molecule has 7 heteroatoms. The summed E-state index contributed by atoms with van der Waals surface area (Å²) in [4.78, 5) is 15.0. The minimum Gasteiger partial charge on any atom is -0.334 e. The van der Waals surface area contributed by atoms with Gasteiger partial charge in [0.25, 0.3) is 5.91 Å². The van der Waals surface area contributed by atoms with Gasteiger partial charge in [-0.2, -0.15) is 5.10 Å². The number of nitrogens with zero attached hydrogens (tertiary/aromatic N) is 3. The van der Waals surface area contributed by atoms with Gasteiger partial charge < -0.3 is 10.6 Å². The molecule has 0 radical (unpaired) electrons. The summed E-state index contributed by atoms with van der Waals surface area (Å²) in [5.74, 6) is -1.59. The zero-order valence-corrected chi connectivity index (χ0v) is 14.7. The number of aromatic nitrogens is 2. The fourth-order valence-corrected chi connectivity index (χ4v) is 4.17. The van der Waals surface area contributed by atoms with Gasteiger partial charge in [-0.05, 0) is 57.2 Å². The van der Waals surface area contributed by atoms with Crippen LogP contribution in [0.1, 0.15) is 41.5 Å². The number of amides is 1. The predicted octanol–water partition coefficient (Wildman–Crippen LogP) is 2.45. The fourth-order valence-electron chi connectivity index (χ4n) is 4.17. The van der Waals surface area contributed by atoms with E-state index in [1.165, 1.54) is 6.07 Å². The van der Waals surface area contributed by atoms with Crippen molar-refractivity contribution in [1.82, 2.24) is 14.7 Å². The number of fused-ring (bicyclic) bond motifs is 1. The molecule has 2 unspecified atom stereocenters. The number of carbonyl (C=O) groups is 1. The van der Waals surface area contributed by atoms with E-state index < -0.39 is 11.6 Å². The molecule has 1 aliphatic carbocycles. The van der Waals surface area contributed by atoms with Crippen LogP contribution < -0.4 is 5.73 Å². The molecule has 1 aliphatic heterocycles. The Labute approximate surface area is 150 Å². The molecule has 1 amide bonds. The van der Waals surface area contributed by atoms with Crippen LogP contribution in [0.5, 0.6) is 0 Å². The molecule has 1 fully saturated rings. The smallest absolute Gasteiger partial charge is 0.274 e. The standard InChI is InChI=1S/C19H22F2N4O/c1-11-7-12(9-22)10-24(11)19(26)18-14-3-2-4-17(14)25(23-18)13-5-6-15(20)16(21)8-13/h5-6,8,11-12H,2-4,7,9-10,22H2,1H3. The van der Waals surface area contributed by atoms with Crippen LogP contribution in [0.3, 0.4) is 0 Å². The van der Waals surface area contributed by atoms with Gasteiger partial charge in [0.15, 0.2) is 17.3 Å². The molecule has 5 nitrogen and oxygen atoms in total. The lowest BCUT2D eigenvalue weighted by molar-refractivity contribution is 0.0736. The summed E-state index contributed by atoms with van der Waals surface area (Å²) in [7, 11) is 0. The molecule has 0 spiro atoms. The van der Waals surface area contributed by atoms with Crippen LogP contribution in [0, 0.1) is 17.6 Å². The molecule has 26 heavy (non-hydrogen) atoms. The Bertz CT molecular complexity index is 863. The zero-order valence-electron chi connectivity index (χ0n) is 14.7. The lowest BCUT2D eigenvalue weighted by Gasteiger charge is -2.20. The van der Waals surface area contributed by atoms with Crippen molar-refractivity contribution in [2.24, 2.45) is 11.7 Å². The van der Waals surface area contributed by atoms with Gasteiger partial charge in [-0.1, -0.05) is 0 Å². The van der Waals surface area contributed by atoms with Gasteiger partial charge in [0, 0.05) is 29.9 Å². The van der Waals surface area contributed by atoms with E-state index in [9.17, 15) is 13.6 Å². The van der Waals surface area contributed by atoms with Crippen LogP contribution >= 0.6 is 0 Å². The Balaban J connectivity index is 1.72. The van der Waals surface area contributed by atoms with E-state index in [-0.39, 0.29) is 11.9 Å². The van der Waals surface area contributed by atoms with Crippen LogP contribution in [0.25, 0.3) is 5.69 Å². The Morgan fingerprint density at radius 3 is 2.81 bits per heavy atom. The highest BCUT2D eigenvalue weighted by atomic mass is 19.2. The monoisotopic (exact) mass is 360 g/mol. The topological polar surface area (TPSA) is 64.2 Å². The van der Waals surface area contributed by atoms with Crippen molar-refractivity contribution in [1.29, 1.82) is 0 Å². The fraction of sp³-hybridized carbons (Fsp3) is 0.474. The molecule has 138 valence electrons. The molecule has 1 saturated heterocycles. The van der Waals surface area contributed by atoms with Crippen molar-refractivity contribution in [3.05, 3.63) is 46.8 Å². The molecular formula is C19H22F2N4O. The molecule has 4 rings (SSSR count). The minimum atomic E-state index is -0.920. The first kappa shape index (κ1) is 17.1. The van der Waals surface area contributed by atoms with Crippen molar-refractivity contribution in [2.45, 2.75) is 38.6 Å². The Morgan fingerprint density at radius 2 is 2.12 bits per heavy atom. The molecule has 1 aromatic carbocycles. The second-order valence-corrected chi connectivity index (χ2v) is 7.28. The number of hydrogen-bond acceptors (Lipinski definition) is 3. The summed E-state index contributed by atoms with van der Waals surface area (Å²) < 4.78 is 28.5. The number of rotatable bonds is 3. The molecule has 2 atom stereocenters. The van der Waals surface area contributed by atoms with Gasteiger partial charge in [0.1, 0.15) is 0 Å². The van der Waals surface area contributed by atoms with Crippen LogP contribution in [0.2, 0.25) is 0 Å². The highest BCUT2D eigenvalue weighted by Gasteiger charge is 2.36. The Kier molecular flexibility index (Phi) is 4.26. The van der Waals surface area contributed by atoms with E-state index >= 15 is 0 Å². The summed E-state index contributed by atoms with van der Waals surface area (Å²) in [6, 6.07) is 3.82. The average molecular weight is 360 g/mol. The van der Waals surface area contributed by atoms with Crippen LogP contribution in [0.15, 0.2) is 18.2 Å². The first-order valence-electron chi connectivity index (χ1n) is 9.06. The summed E-state index contributed by atoms with van der Waals surface area (Å²) in [5.41, 5.74) is 8.50. The summed E-state index contributed by atoms with van der Waals surface area (Å²) in [6.45, 7) is 3.24. The SMILES string of the molecule is CC1CC(CN)CN1C(=O)c1nn(-c2ccc(F)c(F)c2)c2c1CCC2. The van der Waals surface area contributed by atoms with Gasteiger partial charge in [0.2, 0.25) is 0 Å². The summed E-state index contributed by atoms with van der Waals surface area (Å²) in [6.07, 6.45) is 3.38. The van der Waals surface area contributed by atoms with Crippen LogP contribution in [-0.2, 0) is 12.8 Å². The molecule has 2 aliphatic rings. The number of benzene rings is 1. The molecule has 2 aromatic rings. The van der Waals surface area contributed by atoms with Crippen LogP contribution in [-0.4, -0.2) is 39.7 Å². The van der Waals surface area contributed by atoms with Gasteiger partial charge in [-0.15, -0.1) is 0 Å². The molecule has 2 N–H and O–H groups in total. The highest BCUT2D eigenvalue weighted by Crippen LogP contribution is 2.31. The van der Waals surface area contributed by atoms with Crippen molar-refractivity contribution in [3.63, 3.8) is 0 Å². The third-order valence-corrected chi connectivity index (χ3v) is 5.54. The summed E-state index contributed by atoms with van der Waals surface area (Å²) >= 11 is 0. The van der Waals surface area contributed by atoms with E-state index in [4.69, 9.17) is 5.73 Å². The van der Waals surface area contributed by atoms with Crippen molar-refractivity contribution in [3.8, 4) is 5.69 Å². The number of nitrogens with two attached hydrogens (primary N) is 1. The van der Waals surface area contributed by atoms with E-state index in [0.29, 0.717) is 30.4 Å². The van der Waals surface area contributed by atoms with Crippen LogP contribution in [0.4, 0.5) is 8.78 Å². The maximum atomic E-state index is 13.7. The Morgan fingerprint density at radius 1 is 1.31 bits per heavy atom. The second-order valence-electron chi connectivity index (χ2n) is 7.28. The maximum Gasteiger partial charge on any atom is 0.274 e. The molecule has 1 aromatic heterocycles. The number of carbonyl (C=O) groups excluding carboxylic acids is 1. The van der Waals surface area contributed by atoms with E-state index in [1.807, 2.05) is 11.8 Å². The van der Waals surface area contributed by atoms with E-state index in [1.54, 1.807) is 4.68 Å². The third-order valence-electron chi connectivity index (χ3n) is 5.54. The minimum absolute atomic E-state index is 0.0899. The third kappa shape index (κ3) is 2.70. The molecule has 2 heterocycles. The lowest BCUT2D eigenvalue weighted by Crippen LogP contribution is -2.35. The first-order chi connectivity index (χ1) is 12.5. The largest absolute Gasteiger partial charge is 0.334 e. The lowest BCUT2D eigenvalue weighted by atomic mass is 10.1. The van der Waals surface area contributed by atoms with Gasteiger partial charge >= 0.3 is 0 Å². The van der Waals surface area contributed by atoms with Crippen molar-refractivity contribution in [2.75, 3.05) is 13.1 Å². The van der Waals surface area contributed by atoms with Crippen molar-refractivity contribution >= 4 is 5.91 Å². The number of hydrogen-bond donors (Lipinski definition) is 1. The van der Waals surface area contributed by atoms with E-state index in [0.717, 1.165) is 49.1 Å². The molecule has 0 saturated carbocycles. The summed E-state index contributed by atoms with van der Waals surface area (Å²) in [5, 5.41) is 4.51. The normalized spacial score (nSPS) is 22.1. The maximum absolute atomic E-state index is 13.7. The van der Waals surface area contributed by atoms with Gasteiger partial charge in [-0.25, -0.2) is 13.5 Å². The quantitative estimate of drug-likeness (QED) is 0.914. The van der Waals surface area contributed by atoms with Gasteiger partial charge in [-0.3, -0.25) is 4.79 Å². The second kappa shape index (κ2) is 6.46.